The summed E-state index contributed by atoms with van der Waals surface area (Å²) in [6.07, 6.45) is 6.16. The summed E-state index contributed by atoms with van der Waals surface area (Å²) < 4.78 is 11.4. The van der Waals surface area contributed by atoms with Gasteiger partial charge in [0.25, 0.3) is 17.7 Å². The third kappa shape index (κ3) is 5.42. The number of hydrogen-bond acceptors (Lipinski definition) is 5. The summed E-state index contributed by atoms with van der Waals surface area (Å²) in [5.74, 6) is -0.362. The summed E-state index contributed by atoms with van der Waals surface area (Å²) in [4.78, 5) is 39.6. The van der Waals surface area contributed by atoms with E-state index in [0.717, 1.165) is 25.7 Å². The highest BCUT2D eigenvalue weighted by molar-refractivity contribution is 6.22. The maximum Gasteiger partial charge on any atom is 0.261 e. The molecule has 0 aliphatic carbocycles. The highest BCUT2D eigenvalue weighted by Crippen LogP contribution is 2.27. The number of amides is 3. The second kappa shape index (κ2) is 10.6. The number of imide groups is 1. The molecule has 2 heterocycles. The van der Waals surface area contributed by atoms with Gasteiger partial charge in [-0.25, -0.2) is 0 Å². The second-order valence-electron chi connectivity index (χ2n) is 8.51. The zero-order valence-electron chi connectivity index (χ0n) is 19.0. The highest BCUT2D eigenvalue weighted by atomic mass is 16.5. The second-order valence-corrected chi connectivity index (χ2v) is 8.51. The van der Waals surface area contributed by atoms with Crippen LogP contribution in [-0.4, -0.2) is 48.5 Å². The van der Waals surface area contributed by atoms with Gasteiger partial charge in [0.2, 0.25) is 0 Å². The Kier molecular flexibility index (Phi) is 7.40. The molecule has 33 heavy (non-hydrogen) atoms. The molecule has 7 heteroatoms. The number of nitrogens with zero attached hydrogens (tertiary/aromatic N) is 1. The minimum absolute atomic E-state index is 0.115. The number of benzene rings is 2. The Labute approximate surface area is 194 Å². The van der Waals surface area contributed by atoms with E-state index >= 15 is 0 Å². The van der Waals surface area contributed by atoms with E-state index in [1.165, 1.54) is 23.8 Å². The number of hydrogen-bond donors (Lipinski definition) is 1. The molecule has 0 radical (unpaired) electrons. The van der Waals surface area contributed by atoms with E-state index in [-0.39, 0.29) is 35.9 Å². The maximum absolute atomic E-state index is 12.8. The van der Waals surface area contributed by atoms with Crippen LogP contribution in [0.25, 0.3) is 0 Å². The largest absolute Gasteiger partial charge is 0.494 e. The quantitative estimate of drug-likeness (QED) is 0.420. The van der Waals surface area contributed by atoms with E-state index in [0.29, 0.717) is 35.8 Å². The minimum atomic E-state index is -0.376. The molecule has 1 N–H and O–H groups in total. The molecule has 1 fully saturated rings. The summed E-state index contributed by atoms with van der Waals surface area (Å²) in [6, 6.07) is 11.9. The van der Waals surface area contributed by atoms with Crippen molar-refractivity contribution in [2.75, 3.05) is 25.1 Å². The van der Waals surface area contributed by atoms with Gasteiger partial charge >= 0.3 is 0 Å². The number of carbonyl (C=O) groups excluding carboxylic acids is 3. The fraction of sp³-hybridized carbons (Fsp3) is 0.423. The topological polar surface area (TPSA) is 84.9 Å². The number of unbranched alkanes of at least 4 members (excludes halogenated alkanes) is 3. The van der Waals surface area contributed by atoms with Crippen molar-refractivity contribution in [2.24, 2.45) is 0 Å². The van der Waals surface area contributed by atoms with E-state index in [4.69, 9.17) is 9.47 Å². The first-order valence-electron chi connectivity index (χ1n) is 11.7. The summed E-state index contributed by atoms with van der Waals surface area (Å²) in [7, 11) is 0. The third-order valence-corrected chi connectivity index (χ3v) is 6.00. The number of rotatable bonds is 10. The van der Waals surface area contributed by atoms with Crippen molar-refractivity contribution < 1.29 is 23.9 Å². The molecule has 2 aliphatic heterocycles. The van der Waals surface area contributed by atoms with Crippen molar-refractivity contribution in [1.29, 1.82) is 0 Å². The molecule has 2 aliphatic rings. The Morgan fingerprint density at radius 2 is 1.94 bits per heavy atom. The van der Waals surface area contributed by atoms with Gasteiger partial charge in [0.05, 0.1) is 30.4 Å². The van der Waals surface area contributed by atoms with Crippen LogP contribution in [0.3, 0.4) is 0 Å². The van der Waals surface area contributed by atoms with Crippen LogP contribution in [0.2, 0.25) is 0 Å². The van der Waals surface area contributed by atoms with Crippen molar-refractivity contribution in [3.05, 3.63) is 59.2 Å². The molecule has 4 rings (SSSR count). The first-order valence-corrected chi connectivity index (χ1v) is 11.7. The molecule has 1 saturated heterocycles. The maximum atomic E-state index is 12.8. The molecule has 2 aromatic carbocycles. The van der Waals surface area contributed by atoms with Gasteiger partial charge in [-0.2, -0.15) is 0 Å². The number of anilines is 1. The van der Waals surface area contributed by atoms with Crippen LogP contribution in [-0.2, 0) is 4.74 Å². The Morgan fingerprint density at radius 1 is 1.09 bits per heavy atom. The standard InChI is InChI=1S/C26H30N2O5/c1-2-3-4-5-13-32-20-9-6-8-19(16-20)27-24(29)18-11-12-22-23(15-18)26(31)28(25(22)30)17-21-10-7-14-33-21/h6,8-9,11-12,15-16,21H,2-5,7,10,13-14,17H2,1H3,(H,27,29). The normalized spacial score (nSPS) is 17.4. The molecular weight excluding hydrogens is 420 g/mol. The van der Waals surface area contributed by atoms with E-state index in [1.807, 2.05) is 12.1 Å². The van der Waals surface area contributed by atoms with Crippen LogP contribution < -0.4 is 10.1 Å². The number of fused-ring (bicyclic) bond motifs is 1. The van der Waals surface area contributed by atoms with Gasteiger partial charge in [-0.05, 0) is 49.6 Å². The van der Waals surface area contributed by atoms with E-state index < -0.39 is 0 Å². The molecule has 0 aromatic heterocycles. The molecule has 0 saturated carbocycles. The molecule has 1 atom stereocenters. The zero-order chi connectivity index (χ0) is 23.2. The highest BCUT2D eigenvalue weighted by Gasteiger charge is 2.37. The van der Waals surface area contributed by atoms with Crippen LogP contribution >= 0.6 is 0 Å². The first kappa shape index (κ1) is 23.0. The van der Waals surface area contributed by atoms with Crippen molar-refractivity contribution in [3.8, 4) is 5.75 Å². The first-order chi connectivity index (χ1) is 16.1. The monoisotopic (exact) mass is 450 g/mol. The average molecular weight is 451 g/mol. The Hall–Kier alpha value is -3.19. The van der Waals surface area contributed by atoms with Gasteiger partial charge in [0.1, 0.15) is 5.75 Å². The minimum Gasteiger partial charge on any atom is -0.494 e. The molecule has 0 bridgehead atoms. The van der Waals surface area contributed by atoms with E-state index in [1.54, 1.807) is 24.3 Å². The van der Waals surface area contributed by atoms with Gasteiger partial charge in [-0.1, -0.05) is 32.3 Å². The van der Waals surface area contributed by atoms with Crippen LogP contribution in [0.4, 0.5) is 5.69 Å². The molecule has 1 unspecified atom stereocenters. The van der Waals surface area contributed by atoms with E-state index in [9.17, 15) is 14.4 Å². The molecule has 174 valence electrons. The summed E-state index contributed by atoms with van der Waals surface area (Å²) >= 11 is 0. The smallest absolute Gasteiger partial charge is 0.261 e. The average Bonchev–Trinajstić information content (AvgIpc) is 3.42. The predicted molar refractivity (Wildman–Crippen MR) is 125 cm³/mol. The lowest BCUT2D eigenvalue weighted by Gasteiger charge is -2.17. The molecule has 7 nitrogen and oxygen atoms in total. The fourth-order valence-corrected chi connectivity index (χ4v) is 4.18. The van der Waals surface area contributed by atoms with Gasteiger partial charge < -0.3 is 14.8 Å². The van der Waals surface area contributed by atoms with Crippen molar-refractivity contribution in [1.82, 2.24) is 4.90 Å². The summed E-state index contributed by atoms with van der Waals surface area (Å²) in [6.45, 7) is 3.71. The van der Waals surface area contributed by atoms with E-state index in [2.05, 4.69) is 12.2 Å². The molecule has 2 aromatic rings. The SMILES string of the molecule is CCCCCCOc1cccc(NC(=O)c2ccc3c(c2)C(=O)N(CC2CCCO2)C3=O)c1. The Morgan fingerprint density at radius 3 is 2.73 bits per heavy atom. The number of nitrogens with one attached hydrogen (secondary N) is 1. The lowest BCUT2D eigenvalue weighted by atomic mass is 10.1. The molecular formula is C26H30N2O5. The van der Waals surface area contributed by atoms with Crippen LogP contribution in [0, 0.1) is 0 Å². The van der Waals surface area contributed by atoms with Gasteiger partial charge in [0.15, 0.2) is 0 Å². The summed E-state index contributed by atoms with van der Waals surface area (Å²) in [5, 5.41) is 2.85. The van der Waals surface area contributed by atoms with Crippen LogP contribution in [0.15, 0.2) is 42.5 Å². The van der Waals surface area contributed by atoms with Gasteiger partial charge in [-0.15, -0.1) is 0 Å². The predicted octanol–water partition coefficient (Wildman–Crippen LogP) is 4.67. The Balaban J connectivity index is 1.39. The van der Waals surface area contributed by atoms with Crippen molar-refractivity contribution >= 4 is 23.4 Å². The number of carbonyl (C=O) groups is 3. The Bertz CT molecular complexity index is 1030. The lowest BCUT2D eigenvalue weighted by molar-refractivity contribution is 0.0475. The third-order valence-electron chi connectivity index (χ3n) is 6.00. The van der Waals surface area contributed by atoms with Crippen LogP contribution in [0.1, 0.15) is 76.5 Å². The van der Waals surface area contributed by atoms with Crippen molar-refractivity contribution in [3.63, 3.8) is 0 Å². The van der Waals surface area contributed by atoms with Crippen molar-refractivity contribution in [2.45, 2.75) is 51.6 Å². The molecule has 0 spiro atoms. The van der Waals surface area contributed by atoms with Gasteiger partial charge in [-0.3, -0.25) is 19.3 Å². The van der Waals surface area contributed by atoms with Gasteiger partial charge in [0, 0.05) is 23.9 Å². The summed E-state index contributed by atoms with van der Waals surface area (Å²) in [5.41, 5.74) is 1.51. The molecule has 3 amide bonds. The lowest BCUT2D eigenvalue weighted by Crippen LogP contribution is -2.36. The number of ether oxygens (including phenoxy) is 2. The van der Waals surface area contributed by atoms with Crippen LogP contribution in [0.5, 0.6) is 5.75 Å². The fourth-order valence-electron chi connectivity index (χ4n) is 4.18. The zero-order valence-corrected chi connectivity index (χ0v) is 19.0.